The number of likely N-dealkylation sites (tertiary alicyclic amines) is 1. The molecular formula is C25H28N4O2. The van der Waals surface area contributed by atoms with Gasteiger partial charge in [-0.05, 0) is 42.7 Å². The van der Waals surface area contributed by atoms with Crippen LogP contribution in [0.2, 0.25) is 0 Å². The monoisotopic (exact) mass is 416 g/mol. The minimum absolute atomic E-state index is 0.0788. The maximum atomic E-state index is 13.1. The number of anilines is 1. The van der Waals surface area contributed by atoms with Gasteiger partial charge in [0.05, 0.1) is 12.8 Å². The second-order valence-corrected chi connectivity index (χ2v) is 8.05. The Morgan fingerprint density at radius 1 is 1.13 bits per heavy atom. The topological polar surface area (TPSA) is 58.6 Å². The molecule has 4 rings (SSSR count). The summed E-state index contributed by atoms with van der Waals surface area (Å²) in [4.78, 5) is 26.4. The van der Waals surface area contributed by atoms with E-state index in [2.05, 4.69) is 11.1 Å². The van der Waals surface area contributed by atoms with Gasteiger partial charge in [0, 0.05) is 50.4 Å². The van der Waals surface area contributed by atoms with Crippen LogP contribution in [0.15, 0.2) is 60.8 Å². The lowest BCUT2D eigenvalue weighted by Gasteiger charge is -2.33. The molecule has 0 bridgehead atoms. The smallest absolute Gasteiger partial charge is 0.253 e. The normalized spacial score (nSPS) is 16.1. The van der Waals surface area contributed by atoms with E-state index in [0.29, 0.717) is 12.5 Å². The van der Waals surface area contributed by atoms with Gasteiger partial charge in [-0.3, -0.25) is 4.79 Å². The van der Waals surface area contributed by atoms with E-state index in [1.54, 1.807) is 7.11 Å². The van der Waals surface area contributed by atoms with E-state index in [1.807, 2.05) is 78.6 Å². The lowest BCUT2D eigenvalue weighted by molar-refractivity contribution is 0.0706. The number of hydrogen-bond acceptors (Lipinski definition) is 5. The zero-order valence-corrected chi connectivity index (χ0v) is 18.3. The van der Waals surface area contributed by atoms with Crippen LogP contribution in [-0.4, -0.2) is 55.1 Å². The second-order valence-electron chi connectivity index (χ2n) is 8.05. The van der Waals surface area contributed by atoms with Gasteiger partial charge in [-0.2, -0.15) is 0 Å². The summed E-state index contributed by atoms with van der Waals surface area (Å²) in [5, 5.41) is 0. The molecule has 0 aliphatic carbocycles. The number of carbonyl (C=O) groups excluding carboxylic acids is 1. The second kappa shape index (κ2) is 9.16. The van der Waals surface area contributed by atoms with Crippen molar-refractivity contribution in [2.75, 3.05) is 39.2 Å². The van der Waals surface area contributed by atoms with Crippen LogP contribution in [0, 0.1) is 0 Å². The number of hydrogen-bond donors (Lipinski definition) is 0. The van der Waals surface area contributed by atoms with Crippen molar-refractivity contribution >= 4 is 11.9 Å². The van der Waals surface area contributed by atoms with E-state index in [4.69, 9.17) is 9.72 Å². The molecule has 2 aromatic carbocycles. The third-order valence-electron chi connectivity index (χ3n) is 5.70. The third kappa shape index (κ3) is 4.53. The minimum Gasteiger partial charge on any atom is -0.497 e. The molecule has 1 saturated heterocycles. The van der Waals surface area contributed by atoms with Gasteiger partial charge >= 0.3 is 0 Å². The number of amides is 1. The quantitative estimate of drug-likeness (QED) is 0.623. The van der Waals surface area contributed by atoms with Gasteiger partial charge in [0.25, 0.3) is 5.91 Å². The third-order valence-corrected chi connectivity index (χ3v) is 5.70. The molecule has 31 heavy (non-hydrogen) atoms. The average Bonchev–Trinajstić information content (AvgIpc) is 2.83. The molecule has 0 saturated carbocycles. The van der Waals surface area contributed by atoms with Crippen LogP contribution >= 0.6 is 0 Å². The number of methoxy groups -OCH3 is 1. The summed E-state index contributed by atoms with van der Waals surface area (Å²) < 4.78 is 5.42. The van der Waals surface area contributed by atoms with Crippen LogP contribution in [0.5, 0.6) is 5.75 Å². The molecule has 160 valence electrons. The molecule has 6 heteroatoms. The van der Waals surface area contributed by atoms with Gasteiger partial charge in [-0.1, -0.05) is 30.3 Å². The number of ether oxygens (including phenoxy) is 1. The average molecular weight is 417 g/mol. The zero-order valence-electron chi connectivity index (χ0n) is 18.3. The molecule has 3 aromatic rings. The van der Waals surface area contributed by atoms with Crippen molar-refractivity contribution < 1.29 is 9.53 Å². The number of piperidine rings is 1. The van der Waals surface area contributed by atoms with E-state index < -0.39 is 0 Å². The molecule has 2 heterocycles. The number of nitrogens with zero attached hydrogens (tertiary/aromatic N) is 4. The zero-order chi connectivity index (χ0) is 21.8. The number of carbonyl (C=O) groups is 1. The van der Waals surface area contributed by atoms with E-state index in [9.17, 15) is 4.79 Å². The Morgan fingerprint density at radius 2 is 1.94 bits per heavy atom. The molecule has 1 unspecified atom stereocenters. The first kappa shape index (κ1) is 20.8. The molecule has 1 aliphatic rings. The first-order valence-electron chi connectivity index (χ1n) is 10.6. The Bertz CT molecular complexity index is 1050. The van der Waals surface area contributed by atoms with Crippen molar-refractivity contribution in [2.45, 2.75) is 18.8 Å². The fourth-order valence-corrected chi connectivity index (χ4v) is 4.07. The van der Waals surface area contributed by atoms with Crippen LogP contribution in [0.25, 0.3) is 11.1 Å². The summed E-state index contributed by atoms with van der Waals surface area (Å²) in [6, 6.07) is 17.5. The van der Waals surface area contributed by atoms with Crippen LogP contribution < -0.4 is 9.64 Å². The van der Waals surface area contributed by atoms with Gasteiger partial charge in [0.15, 0.2) is 0 Å². The largest absolute Gasteiger partial charge is 0.497 e. The molecular weight excluding hydrogens is 388 g/mol. The molecule has 0 N–H and O–H groups in total. The minimum atomic E-state index is 0.0788. The Hall–Kier alpha value is -3.41. The molecule has 1 amide bonds. The lowest BCUT2D eigenvalue weighted by atomic mass is 9.89. The molecule has 1 atom stereocenters. The molecule has 1 fully saturated rings. The van der Waals surface area contributed by atoms with Crippen LogP contribution in [-0.2, 0) is 0 Å². The van der Waals surface area contributed by atoms with Crippen LogP contribution in [0.1, 0.15) is 34.8 Å². The Kier molecular flexibility index (Phi) is 6.16. The van der Waals surface area contributed by atoms with Crippen molar-refractivity contribution in [1.82, 2.24) is 14.9 Å². The van der Waals surface area contributed by atoms with Gasteiger partial charge in [-0.15, -0.1) is 0 Å². The number of aromatic nitrogens is 2. The van der Waals surface area contributed by atoms with E-state index in [1.165, 1.54) is 0 Å². The van der Waals surface area contributed by atoms with E-state index >= 15 is 0 Å². The fourth-order valence-electron chi connectivity index (χ4n) is 4.07. The highest BCUT2D eigenvalue weighted by molar-refractivity contribution is 5.94. The van der Waals surface area contributed by atoms with Crippen molar-refractivity contribution in [2.24, 2.45) is 0 Å². The van der Waals surface area contributed by atoms with E-state index in [-0.39, 0.29) is 11.8 Å². The highest BCUT2D eigenvalue weighted by atomic mass is 16.5. The summed E-state index contributed by atoms with van der Waals surface area (Å²) in [5.41, 5.74) is 3.72. The van der Waals surface area contributed by atoms with Crippen molar-refractivity contribution in [3.63, 3.8) is 0 Å². The highest BCUT2D eigenvalue weighted by Crippen LogP contribution is 2.35. The number of benzene rings is 2. The summed E-state index contributed by atoms with van der Waals surface area (Å²) in [7, 11) is 5.55. The summed E-state index contributed by atoms with van der Waals surface area (Å²) in [5.74, 6) is 1.69. The maximum absolute atomic E-state index is 13.1. The Morgan fingerprint density at radius 3 is 2.68 bits per heavy atom. The van der Waals surface area contributed by atoms with Gasteiger partial charge in [0.2, 0.25) is 5.95 Å². The van der Waals surface area contributed by atoms with Crippen molar-refractivity contribution in [1.29, 1.82) is 0 Å². The summed E-state index contributed by atoms with van der Waals surface area (Å²) >= 11 is 0. The van der Waals surface area contributed by atoms with Crippen molar-refractivity contribution in [3.05, 3.63) is 72.1 Å². The fraction of sp³-hybridized carbons (Fsp3) is 0.320. The predicted octanol–water partition coefficient (Wildman–Crippen LogP) is 4.24. The van der Waals surface area contributed by atoms with Gasteiger partial charge in [0.1, 0.15) is 5.75 Å². The first-order chi connectivity index (χ1) is 15.1. The molecule has 6 nitrogen and oxygen atoms in total. The molecule has 1 aromatic heterocycles. The lowest BCUT2D eigenvalue weighted by Crippen LogP contribution is -2.39. The highest BCUT2D eigenvalue weighted by Gasteiger charge is 2.29. The number of rotatable bonds is 5. The maximum Gasteiger partial charge on any atom is 0.253 e. The molecule has 0 spiro atoms. The molecule has 1 aliphatic heterocycles. The van der Waals surface area contributed by atoms with Gasteiger partial charge in [-0.25, -0.2) is 9.97 Å². The molecule has 0 radical (unpaired) electrons. The summed E-state index contributed by atoms with van der Waals surface area (Å²) in [6.45, 7) is 1.42. The SMILES string of the molecule is COc1cccc(-c2cnc(N(C)C)nc2C2CCCN(C(=O)c3ccccc3)C2)c1. The van der Waals surface area contributed by atoms with E-state index in [0.717, 1.165) is 47.5 Å². The summed E-state index contributed by atoms with van der Waals surface area (Å²) in [6.07, 6.45) is 3.83. The predicted molar refractivity (Wildman–Crippen MR) is 123 cm³/mol. The Labute approximate surface area is 183 Å². The van der Waals surface area contributed by atoms with Gasteiger partial charge < -0.3 is 14.5 Å². The van der Waals surface area contributed by atoms with Crippen LogP contribution in [0.4, 0.5) is 5.95 Å². The first-order valence-corrected chi connectivity index (χ1v) is 10.6. The standard InChI is InChI=1S/C25H28N4O2/c1-28(2)25-26-16-22(19-11-7-13-21(15-19)31-3)23(27-25)20-12-8-14-29(17-20)24(30)18-9-5-4-6-10-18/h4-7,9-11,13,15-16,20H,8,12,14,17H2,1-3H3. The van der Waals surface area contributed by atoms with Crippen molar-refractivity contribution in [3.8, 4) is 16.9 Å². The van der Waals surface area contributed by atoms with Crippen LogP contribution in [0.3, 0.4) is 0 Å². The Balaban J connectivity index is 1.69.